The molecule has 2 aromatic carbocycles. The highest BCUT2D eigenvalue weighted by Gasteiger charge is 2.44. The van der Waals surface area contributed by atoms with E-state index < -0.39 is 11.7 Å². The number of fused-ring (bicyclic) bond motifs is 1. The highest BCUT2D eigenvalue weighted by atomic mass is 32.1. The molecule has 6 rings (SSSR count). The molecule has 0 radical (unpaired) electrons. The molecule has 1 aliphatic carbocycles. The summed E-state index contributed by atoms with van der Waals surface area (Å²) in [5.74, 6) is 1.24. The molecular formula is C36H42N4O5S. The number of thiophene rings is 1. The first kappa shape index (κ1) is 32.2. The number of aromatic amines is 1. The van der Waals surface area contributed by atoms with Crippen LogP contribution >= 0.6 is 11.3 Å². The van der Waals surface area contributed by atoms with Crippen LogP contribution < -0.4 is 16.2 Å². The monoisotopic (exact) mass is 642 g/mol. The van der Waals surface area contributed by atoms with Crippen molar-refractivity contribution >= 4 is 22.2 Å². The van der Waals surface area contributed by atoms with Crippen LogP contribution in [-0.2, 0) is 25.0 Å². The number of aliphatic hydroxyl groups is 2. The number of benzene rings is 2. The molecule has 10 heteroatoms. The summed E-state index contributed by atoms with van der Waals surface area (Å²) in [5.41, 5.74) is 0.315. The third-order valence-corrected chi connectivity index (χ3v) is 10.2. The Morgan fingerprint density at radius 3 is 2.57 bits per heavy atom. The number of aromatic nitrogens is 2. The van der Waals surface area contributed by atoms with Crippen LogP contribution in [0.15, 0.2) is 82.1 Å². The van der Waals surface area contributed by atoms with E-state index in [9.17, 15) is 20.1 Å². The number of oxazole rings is 1. The summed E-state index contributed by atoms with van der Waals surface area (Å²) in [6.07, 6.45) is 7.87. The van der Waals surface area contributed by atoms with Gasteiger partial charge < -0.3 is 35.4 Å². The Morgan fingerprint density at radius 2 is 1.74 bits per heavy atom. The largest absolute Gasteiger partial charge is 0.506 e. The van der Waals surface area contributed by atoms with Gasteiger partial charge in [0, 0.05) is 59.7 Å². The van der Waals surface area contributed by atoms with E-state index in [-0.39, 0.29) is 17.2 Å². The van der Waals surface area contributed by atoms with Gasteiger partial charge in [-0.3, -0.25) is 4.79 Å². The third kappa shape index (κ3) is 7.27. The van der Waals surface area contributed by atoms with Crippen molar-refractivity contribution in [2.75, 3.05) is 19.6 Å². The number of phenolic OH excluding ortho intramolecular Hbond substituents is 1. The zero-order valence-electron chi connectivity index (χ0n) is 25.9. The van der Waals surface area contributed by atoms with Gasteiger partial charge >= 0.3 is 0 Å². The first-order chi connectivity index (χ1) is 22.4. The van der Waals surface area contributed by atoms with Crippen LogP contribution in [0.3, 0.4) is 0 Å². The van der Waals surface area contributed by atoms with E-state index in [1.54, 1.807) is 29.7 Å². The van der Waals surface area contributed by atoms with Crippen LogP contribution in [0.4, 0.5) is 0 Å². The molecule has 5 aromatic rings. The molecule has 0 bridgehead atoms. The van der Waals surface area contributed by atoms with Gasteiger partial charge in [-0.2, -0.15) is 0 Å². The van der Waals surface area contributed by atoms with Gasteiger partial charge in [-0.25, -0.2) is 4.98 Å². The van der Waals surface area contributed by atoms with E-state index in [2.05, 4.69) is 32.7 Å². The molecule has 46 heavy (non-hydrogen) atoms. The van der Waals surface area contributed by atoms with Crippen molar-refractivity contribution in [2.45, 2.75) is 63.2 Å². The number of aliphatic hydroxyl groups excluding tert-OH is 1. The Hall–Kier alpha value is -3.80. The summed E-state index contributed by atoms with van der Waals surface area (Å²) in [7, 11) is 0. The number of pyridine rings is 1. The molecule has 0 aliphatic heterocycles. The van der Waals surface area contributed by atoms with E-state index in [4.69, 9.17) is 4.42 Å². The predicted octanol–water partition coefficient (Wildman–Crippen LogP) is 5.30. The van der Waals surface area contributed by atoms with E-state index in [1.165, 1.54) is 28.3 Å². The minimum Gasteiger partial charge on any atom is -0.506 e. The molecule has 1 aliphatic rings. The van der Waals surface area contributed by atoms with Crippen molar-refractivity contribution < 1.29 is 19.7 Å². The number of phenols is 1. The van der Waals surface area contributed by atoms with E-state index in [0.29, 0.717) is 41.9 Å². The summed E-state index contributed by atoms with van der Waals surface area (Å²) in [5, 5.41) is 40.3. The predicted molar refractivity (Wildman–Crippen MR) is 180 cm³/mol. The van der Waals surface area contributed by atoms with Crippen LogP contribution in [0.1, 0.15) is 70.7 Å². The Labute approximate surface area is 272 Å². The van der Waals surface area contributed by atoms with Crippen LogP contribution in [0.2, 0.25) is 0 Å². The maximum Gasteiger partial charge on any atom is 0.248 e. The van der Waals surface area contributed by atoms with E-state index in [1.807, 2.05) is 30.3 Å². The molecule has 0 amide bonds. The minimum atomic E-state index is -1.21. The Morgan fingerprint density at radius 1 is 0.957 bits per heavy atom. The lowest BCUT2D eigenvalue weighted by Gasteiger charge is -2.36. The topological polar surface area (TPSA) is 144 Å². The molecular weight excluding hydrogens is 600 g/mol. The van der Waals surface area contributed by atoms with Gasteiger partial charge in [-0.05, 0) is 54.7 Å². The van der Waals surface area contributed by atoms with E-state index >= 15 is 0 Å². The van der Waals surface area contributed by atoms with Gasteiger partial charge in [-0.15, -0.1) is 11.3 Å². The normalized spacial score (nSPS) is 16.0. The fourth-order valence-electron chi connectivity index (χ4n) is 6.53. The molecule has 0 unspecified atom stereocenters. The molecule has 1 fully saturated rings. The molecule has 1 saturated carbocycles. The maximum absolute atomic E-state index is 12.0. The zero-order chi connectivity index (χ0) is 31.9. The van der Waals surface area contributed by atoms with Gasteiger partial charge in [0.2, 0.25) is 11.4 Å². The molecule has 0 spiro atoms. The Balaban J connectivity index is 0.954. The number of hydrogen-bond donors (Lipinski definition) is 6. The second-order valence-electron chi connectivity index (χ2n) is 12.1. The fraction of sp³-hybridized carbons (Fsp3) is 0.389. The van der Waals surface area contributed by atoms with Crippen molar-refractivity contribution in [2.24, 2.45) is 5.92 Å². The molecule has 9 nitrogen and oxygen atoms in total. The van der Waals surface area contributed by atoms with Gasteiger partial charge in [0.05, 0.1) is 17.8 Å². The molecule has 3 heterocycles. The fourth-order valence-corrected chi connectivity index (χ4v) is 7.52. The third-order valence-electron chi connectivity index (χ3n) is 9.01. The molecule has 2 atom stereocenters. The number of rotatable bonds is 14. The molecule has 242 valence electrons. The molecule has 6 N–H and O–H groups in total. The van der Waals surface area contributed by atoms with Crippen LogP contribution in [-0.4, -0.2) is 44.9 Å². The summed E-state index contributed by atoms with van der Waals surface area (Å²) in [6.45, 7) is 2.55. The summed E-state index contributed by atoms with van der Waals surface area (Å²) >= 11 is 1.76. The van der Waals surface area contributed by atoms with Gasteiger partial charge in [-0.1, -0.05) is 55.7 Å². The summed E-state index contributed by atoms with van der Waals surface area (Å²) in [6, 6.07) is 20.3. The highest BCUT2D eigenvalue weighted by Crippen LogP contribution is 2.43. The minimum absolute atomic E-state index is 0.0202. The lowest BCUT2D eigenvalue weighted by molar-refractivity contribution is -0.0238. The van der Waals surface area contributed by atoms with Crippen molar-refractivity contribution in [1.82, 2.24) is 20.6 Å². The summed E-state index contributed by atoms with van der Waals surface area (Å²) in [4.78, 5) is 21.4. The number of aromatic hydroxyl groups is 1. The van der Waals surface area contributed by atoms with Gasteiger partial charge in [0.25, 0.3) is 0 Å². The number of H-pyrrole nitrogens is 1. The first-order valence-corrected chi connectivity index (χ1v) is 17.0. The summed E-state index contributed by atoms with van der Waals surface area (Å²) < 4.78 is 6.20. The highest BCUT2D eigenvalue weighted by molar-refractivity contribution is 7.11. The second-order valence-corrected chi connectivity index (χ2v) is 13.4. The van der Waals surface area contributed by atoms with Crippen molar-refractivity contribution in [3.63, 3.8) is 0 Å². The lowest BCUT2D eigenvalue weighted by atomic mass is 9.73. The van der Waals surface area contributed by atoms with Crippen molar-refractivity contribution in [3.05, 3.63) is 116 Å². The Kier molecular flexibility index (Phi) is 10.3. The molecule has 0 saturated heterocycles. The van der Waals surface area contributed by atoms with Crippen LogP contribution in [0.25, 0.3) is 10.9 Å². The first-order valence-electron chi connectivity index (χ1n) is 16.2. The zero-order valence-corrected chi connectivity index (χ0v) is 26.7. The van der Waals surface area contributed by atoms with Crippen LogP contribution in [0.5, 0.6) is 5.75 Å². The standard InChI is InChI=1S/C36H42N4O5S/c41-31-15-13-29(30-14-16-33(43)40-34(30)31)32(42)23-38-20-18-27-11-12-28(46-27)22-37-19-17-26-21-39-35(45-26)36(44,24-7-3-1-4-8-24)25-9-5-2-6-10-25/h1,3-4,7-8,11-16,21,25,32,37-38,41-42,44H,2,5-6,9-10,17-20,22-23H2,(H,40,43)/t32-,36-/m0/s1. The van der Waals surface area contributed by atoms with Gasteiger partial charge in [0.1, 0.15) is 11.5 Å². The SMILES string of the molecule is O=c1ccc2c([C@@H](O)CNCCc3ccc(CNCCc4cnc([C@](O)(c5ccccc5)C5CCCCC5)o4)s3)ccc(O)c2[nH]1. The van der Waals surface area contributed by atoms with Gasteiger partial charge in [0.15, 0.2) is 5.60 Å². The Bertz CT molecular complexity index is 1780. The quantitative estimate of drug-likeness (QED) is 0.0897. The van der Waals surface area contributed by atoms with Crippen molar-refractivity contribution in [1.29, 1.82) is 0 Å². The second kappa shape index (κ2) is 14.7. The molecule has 3 aromatic heterocycles. The lowest BCUT2D eigenvalue weighted by Crippen LogP contribution is -2.38. The maximum atomic E-state index is 12.0. The number of nitrogens with one attached hydrogen (secondary N) is 3. The van der Waals surface area contributed by atoms with Crippen molar-refractivity contribution in [3.8, 4) is 5.75 Å². The van der Waals surface area contributed by atoms with E-state index in [0.717, 1.165) is 56.5 Å². The number of nitrogens with zero attached hydrogens (tertiary/aromatic N) is 1. The smallest absolute Gasteiger partial charge is 0.248 e. The average molecular weight is 643 g/mol. The average Bonchev–Trinajstić information content (AvgIpc) is 3.76. The number of hydrogen-bond acceptors (Lipinski definition) is 9. The van der Waals surface area contributed by atoms with Crippen LogP contribution in [0, 0.1) is 5.92 Å².